The third-order valence-corrected chi connectivity index (χ3v) is 11.5. The highest BCUT2D eigenvalue weighted by Crippen LogP contribution is 2.33. The van der Waals surface area contributed by atoms with Crippen LogP contribution in [0.15, 0.2) is 33.7 Å². The van der Waals surface area contributed by atoms with Crippen molar-refractivity contribution in [3.8, 4) is 0 Å². The molecule has 4 heterocycles. The van der Waals surface area contributed by atoms with Crippen LogP contribution in [0.25, 0.3) is 12.2 Å². The van der Waals surface area contributed by atoms with Gasteiger partial charge in [0.1, 0.15) is 0 Å². The van der Waals surface area contributed by atoms with Crippen molar-refractivity contribution in [1.29, 1.82) is 0 Å². The van der Waals surface area contributed by atoms with Gasteiger partial charge in [-0.1, -0.05) is 52.4 Å². The predicted molar refractivity (Wildman–Crippen MR) is 219 cm³/mol. The molecular weight excluding hydrogens is 693 g/mol. The van der Waals surface area contributed by atoms with E-state index in [0.717, 1.165) is 135 Å². The van der Waals surface area contributed by atoms with E-state index in [4.69, 9.17) is 9.47 Å². The van der Waals surface area contributed by atoms with Gasteiger partial charge in [-0.25, -0.2) is 0 Å². The fourth-order valence-electron chi connectivity index (χ4n) is 8.00. The molecule has 4 rings (SSSR count). The number of carbonyl (C=O) groups is 4. The van der Waals surface area contributed by atoms with Gasteiger partial charge < -0.3 is 30.1 Å². The minimum Gasteiger partial charge on any atom is -0.469 e. The molecule has 2 aliphatic rings. The summed E-state index contributed by atoms with van der Waals surface area (Å²) < 4.78 is 9.59. The first-order chi connectivity index (χ1) is 26.4. The quantitative estimate of drug-likeness (QED) is 0.0698. The number of methoxy groups -OCH3 is 2. The second-order valence-electron chi connectivity index (χ2n) is 15.0. The van der Waals surface area contributed by atoms with Crippen molar-refractivity contribution in [2.24, 2.45) is 0 Å². The third-order valence-electron chi connectivity index (χ3n) is 11.5. The van der Waals surface area contributed by atoms with Crippen LogP contribution in [0.1, 0.15) is 163 Å². The van der Waals surface area contributed by atoms with Crippen molar-refractivity contribution >= 4 is 35.9 Å². The summed E-state index contributed by atoms with van der Waals surface area (Å²) in [6.07, 6.45) is 19.2. The van der Waals surface area contributed by atoms with E-state index in [1.807, 2.05) is 13.8 Å². The zero-order chi connectivity index (χ0) is 40.1. The summed E-state index contributed by atoms with van der Waals surface area (Å²) >= 11 is 0. The Morgan fingerprint density at radius 2 is 0.927 bits per heavy atom. The van der Waals surface area contributed by atoms with Gasteiger partial charge in [-0.15, -0.1) is 0 Å². The highest BCUT2D eigenvalue weighted by molar-refractivity contribution is 6.01. The first-order valence-corrected chi connectivity index (χ1v) is 20.4. The molecule has 0 radical (unpaired) electrons. The standard InChI is InChI=1S/C45H64N4O6/c1-9-32-30(5)44(52)48-38(32)25-36-28(3)34(21-17-13-11-15-19-23-42(50)54-7)40(46-36)27-41-35(22-18-14-12-16-20-24-43(51)55-8)29(4)37(47-41)26-39-33(10-2)31(6)45(53)49-39/h25-26,46-47H,9-24,27H2,1-8H3,(H,48,52)(H,49,53)/b38-25-,39-26-. The third kappa shape index (κ3) is 11.2. The molecule has 10 nitrogen and oxygen atoms in total. The molecule has 300 valence electrons. The van der Waals surface area contributed by atoms with Crippen LogP contribution in [-0.4, -0.2) is 47.9 Å². The van der Waals surface area contributed by atoms with Crippen molar-refractivity contribution in [2.75, 3.05) is 14.2 Å². The maximum atomic E-state index is 12.6. The van der Waals surface area contributed by atoms with Gasteiger partial charge in [-0.05, 0) is 125 Å². The molecule has 0 aliphatic carbocycles. The highest BCUT2D eigenvalue weighted by atomic mass is 16.5. The summed E-state index contributed by atoms with van der Waals surface area (Å²) in [5, 5.41) is 6.17. The zero-order valence-corrected chi connectivity index (χ0v) is 34.6. The lowest BCUT2D eigenvalue weighted by Crippen LogP contribution is -2.15. The summed E-state index contributed by atoms with van der Waals surface area (Å²) in [5.41, 5.74) is 14.8. The number of H-pyrrole nitrogens is 2. The van der Waals surface area contributed by atoms with Crippen molar-refractivity contribution < 1.29 is 28.7 Å². The minimum absolute atomic E-state index is 0.0358. The second kappa shape index (κ2) is 20.9. The Morgan fingerprint density at radius 1 is 0.564 bits per heavy atom. The Labute approximate surface area is 328 Å². The van der Waals surface area contributed by atoms with Crippen LogP contribution >= 0.6 is 0 Å². The van der Waals surface area contributed by atoms with Gasteiger partial charge >= 0.3 is 11.9 Å². The van der Waals surface area contributed by atoms with Gasteiger partial charge in [-0.3, -0.25) is 19.2 Å². The number of unbranched alkanes of at least 4 members (excludes halogenated alkanes) is 8. The Bertz CT molecular complexity index is 1720. The maximum Gasteiger partial charge on any atom is 0.305 e. The maximum absolute atomic E-state index is 12.6. The van der Waals surface area contributed by atoms with E-state index in [0.29, 0.717) is 19.3 Å². The molecule has 10 heteroatoms. The Hall–Kier alpha value is -4.60. The lowest BCUT2D eigenvalue weighted by molar-refractivity contribution is -0.141. The van der Waals surface area contributed by atoms with Crippen LogP contribution < -0.4 is 10.6 Å². The molecule has 0 unspecified atom stereocenters. The molecule has 2 aromatic rings. The summed E-state index contributed by atoms with van der Waals surface area (Å²) in [7, 11) is 2.88. The lowest BCUT2D eigenvalue weighted by atomic mass is 9.96. The van der Waals surface area contributed by atoms with E-state index in [1.54, 1.807) is 0 Å². The summed E-state index contributed by atoms with van der Waals surface area (Å²) in [5.74, 6) is -0.371. The van der Waals surface area contributed by atoms with E-state index in [-0.39, 0.29) is 23.8 Å². The van der Waals surface area contributed by atoms with E-state index in [1.165, 1.54) is 47.9 Å². The zero-order valence-electron chi connectivity index (χ0n) is 34.6. The Morgan fingerprint density at radius 3 is 1.29 bits per heavy atom. The van der Waals surface area contributed by atoms with Crippen molar-refractivity contribution in [2.45, 2.75) is 151 Å². The molecule has 0 saturated heterocycles. The molecule has 4 N–H and O–H groups in total. The largest absolute Gasteiger partial charge is 0.469 e. The Kier molecular flexibility index (Phi) is 16.4. The normalized spacial score (nSPS) is 15.9. The fourth-order valence-corrected chi connectivity index (χ4v) is 8.00. The number of aromatic amines is 2. The number of amides is 2. The second-order valence-corrected chi connectivity index (χ2v) is 15.0. The number of carbonyl (C=O) groups excluding carboxylic acids is 4. The summed E-state index contributed by atoms with van der Waals surface area (Å²) in [4.78, 5) is 55.9. The van der Waals surface area contributed by atoms with Gasteiger partial charge in [0.2, 0.25) is 0 Å². The molecule has 0 atom stereocenters. The van der Waals surface area contributed by atoms with E-state index in [2.05, 4.69) is 60.4 Å². The van der Waals surface area contributed by atoms with Crippen LogP contribution in [-0.2, 0) is 47.9 Å². The number of ether oxygens (including phenoxy) is 2. The van der Waals surface area contributed by atoms with Crippen LogP contribution in [0.2, 0.25) is 0 Å². The van der Waals surface area contributed by atoms with E-state index in [9.17, 15) is 19.2 Å². The number of allylic oxidation sites excluding steroid dienone is 2. The van der Waals surface area contributed by atoms with Crippen LogP contribution in [0.3, 0.4) is 0 Å². The molecule has 2 amide bonds. The molecule has 0 bridgehead atoms. The average molecular weight is 757 g/mol. The number of rotatable bonds is 22. The number of hydrogen-bond acceptors (Lipinski definition) is 6. The van der Waals surface area contributed by atoms with Crippen molar-refractivity contribution in [3.05, 3.63) is 78.7 Å². The predicted octanol–water partition coefficient (Wildman–Crippen LogP) is 9.06. The van der Waals surface area contributed by atoms with Gasteiger partial charge in [-0.2, -0.15) is 0 Å². The van der Waals surface area contributed by atoms with E-state index < -0.39 is 0 Å². The smallest absolute Gasteiger partial charge is 0.305 e. The first kappa shape index (κ1) is 43.1. The molecular formula is C45H64N4O6. The monoisotopic (exact) mass is 756 g/mol. The van der Waals surface area contributed by atoms with E-state index >= 15 is 0 Å². The van der Waals surface area contributed by atoms with Crippen LogP contribution in [0, 0.1) is 13.8 Å². The molecule has 2 aromatic heterocycles. The van der Waals surface area contributed by atoms with Gasteiger partial charge in [0, 0.05) is 64.6 Å². The topological polar surface area (TPSA) is 142 Å². The van der Waals surface area contributed by atoms with Crippen LogP contribution in [0.4, 0.5) is 0 Å². The van der Waals surface area contributed by atoms with Crippen LogP contribution in [0.5, 0.6) is 0 Å². The van der Waals surface area contributed by atoms with Crippen molar-refractivity contribution in [1.82, 2.24) is 20.6 Å². The van der Waals surface area contributed by atoms with Gasteiger partial charge in [0.15, 0.2) is 0 Å². The molecule has 0 spiro atoms. The summed E-state index contributed by atoms with van der Waals surface area (Å²) in [6, 6.07) is 0. The first-order valence-electron chi connectivity index (χ1n) is 20.4. The highest BCUT2D eigenvalue weighted by Gasteiger charge is 2.26. The molecule has 0 fully saturated rings. The minimum atomic E-state index is -0.150. The lowest BCUT2D eigenvalue weighted by Gasteiger charge is -2.09. The number of nitrogens with one attached hydrogen (secondary N) is 4. The van der Waals surface area contributed by atoms with Gasteiger partial charge in [0.05, 0.1) is 14.2 Å². The number of hydrogen-bond donors (Lipinski definition) is 4. The number of esters is 2. The molecule has 2 aliphatic heterocycles. The van der Waals surface area contributed by atoms with Crippen molar-refractivity contribution in [3.63, 3.8) is 0 Å². The number of aromatic nitrogens is 2. The fraction of sp³-hybridized carbons (Fsp3) is 0.556. The summed E-state index contributed by atoms with van der Waals surface area (Å²) in [6.45, 7) is 12.3. The average Bonchev–Trinajstić information content (AvgIpc) is 3.82. The SMILES string of the molecule is CCC1=C(C)C(=O)N/C1=C\c1[nH]c(Cc2[nH]c(/C=C3\NC(=O)C(C)=C3CC)c(C)c2CCCCCCCC(=O)OC)c(CCCCCCCC(=O)OC)c1C. The Balaban J connectivity index is 1.64. The molecule has 0 aromatic carbocycles. The molecule has 0 saturated carbocycles. The molecule has 55 heavy (non-hydrogen) atoms. The van der Waals surface area contributed by atoms with Gasteiger partial charge in [0.25, 0.3) is 11.8 Å².